The quantitative estimate of drug-likeness (QED) is 0.264. The van der Waals surface area contributed by atoms with E-state index in [1.807, 2.05) is 47.4 Å². The monoisotopic (exact) mass is 455 g/mol. The number of carbonyl (C=O) groups is 1. The molecule has 3 heteroatoms. The number of rotatable bonds is 5. The van der Waals surface area contributed by atoms with Gasteiger partial charge in [-0.1, -0.05) is 85.1 Å². The van der Waals surface area contributed by atoms with Gasteiger partial charge in [0.1, 0.15) is 0 Å². The van der Waals surface area contributed by atoms with E-state index in [9.17, 15) is 4.79 Å². The van der Waals surface area contributed by atoms with Crippen LogP contribution in [0.25, 0.3) is 28.0 Å². The summed E-state index contributed by atoms with van der Waals surface area (Å²) in [5, 5.41) is 2.10. The molecule has 1 aliphatic heterocycles. The van der Waals surface area contributed by atoms with Crippen molar-refractivity contribution in [2.45, 2.75) is 9.79 Å². The molecule has 2 nitrogen and oxygen atoms in total. The molecule has 0 fully saturated rings. The molecule has 0 unspecified atom stereocenters. The maximum atomic E-state index is 13.4. The maximum absolute atomic E-state index is 13.4. The number of hydrogen-bond acceptors (Lipinski definition) is 2. The van der Waals surface area contributed by atoms with Crippen LogP contribution in [0.3, 0.4) is 0 Å². The summed E-state index contributed by atoms with van der Waals surface area (Å²) in [7, 11) is 0. The van der Waals surface area contributed by atoms with Crippen molar-refractivity contribution in [3.8, 4) is 11.1 Å². The average Bonchev–Trinajstić information content (AvgIpc) is 3.18. The predicted molar refractivity (Wildman–Crippen MR) is 143 cm³/mol. The van der Waals surface area contributed by atoms with Crippen molar-refractivity contribution < 1.29 is 4.79 Å². The van der Waals surface area contributed by atoms with Gasteiger partial charge in [-0.3, -0.25) is 9.69 Å². The molecule has 6 rings (SSSR count). The van der Waals surface area contributed by atoms with Crippen molar-refractivity contribution in [1.82, 2.24) is 0 Å². The van der Waals surface area contributed by atoms with Crippen LogP contribution in [0.2, 0.25) is 0 Å². The third kappa shape index (κ3) is 3.42. The molecule has 5 aromatic carbocycles. The van der Waals surface area contributed by atoms with E-state index >= 15 is 0 Å². The van der Waals surface area contributed by atoms with E-state index in [0.29, 0.717) is 0 Å². The Hall–Kier alpha value is -4.08. The Morgan fingerprint density at radius 3 is 2.26 bits per heavy atom. The molecule has 0 atom stereocenters. The van der Waals surface area contributed by atoms with Gasteiger partial charge in [0.15, 0.2) is 0 Å². The van der Waals surface area contributed by atoms with E-state index in [1.54, 1.807) is 17.8 Å². The van der Waals surface area contributed by atoms with Gasteiger partial charge in [0, 0.05) is 20.9 Å². The summed E-state index contributed by atoms with van der Waals surface area (Å²) in [6.07, 6.45) is 1.80. The van der Waals surface area contributed by atoms with Gasteiger partial charge in [-0.25, -0.2) is 0 Å². The van der Waals surface area contributed by atoms with Crippen molar-refractivity contribution >= 4 is 45.9 Å². The van der Waals surface area contributed by atoms with Crippen LogP contribution in [-0.2, 0) is 0 Å². The molecule has 0 aliphatic carbocycles. The zero-order valence-corrected chi connectivity index (χ0v) is 19.3. The predicted octanol–water partition coefficient (Wildman–Crippen LogP) is 8.59. The van der Waals surface area contributed by atoms with Gasteiger partial charge in [0.05, 0.1) is 11.3 Å². The van der Waals surface area contributed by atoms with Gasteiger partial charge in [0.2, 0.25) is 0 Å². The minimum Gasteiger partial charge on any atom is -0.276 e. The van der Waals surface area contributed by atoms with Gasteiger partial charge in [-0.15, -0.1) is 0 Å². The molecule has 0 saturated heterocycles. The molecule has 0 radical (unpaired) electrons. The Kier molecular flexibility index (Phi) is 5.05. The van der Waals surface area contributed by atoms with Gasteiger partial charge in [0.25, 0.3) is 5.91 Å². The molecule has 0 saturated carbocycles. The fraction of sp³-hybridized carbons (Fsp3) is 0. The molecule has 5 aromatic rings. The van der Waals surface area contributed by atoms with E-state index in [-0.39, 0.29) is 5.91 Å². The van der Waals surface area contributed by atoms with Crippen LogP contribution in [0.4, 0.5) is 11.4 Å². The van der Waals surface area contributed by atoms with E-state index in [2.05, 4.69) is 73.3 Å². The summed E-state index contributed by atoms with van der Waals surface area (Å²) in [5.41, 5.74) is 5.79. The lowest BCUT2D eigenvalue weighted by Crippen LogP contribution is -2.20. The zero-order chi connectivity index (χ0) is 23.1. The van der Waals surface area contributed by atoms with Crippen LogP contribution in [0.5, 0.6) is 0 Å². The summed E-state index contributed by atoms with van der Waals surface area (Å²) in [6, 6.07) is 37.2. The highest BCUT2D eigenvalue weighted by Gasteiger charge is 2.31. The van der Waals surface area contributed by atoms with Crippen LogP contribution in [-0.4, -0.2) is 5.91 Å². The Bertz CT molecular complexity index is 1550. The highest BCUT2D eigenvalue weighted by atomic mass is 32.2. The van der Waals surface area contributed by atoms with Crippen LogP contribution in [0.1, 0.15) is 15.9 Å². The SMILES string of the molecule is C=Cc1cccc(N2C(=O)c3cccc4c(-c5ccc(Sc6ccccc6)cc5)ccc2c34)c1. The van der Waals surface area contributed by atoms with Crippen LogP contribution in [0, 0.1) is 0 Å². The second-order valence-electron chi connectivity index (χ2n) is 8.24. The Morgan fingerprint density at radius 1 is 0.706 bits per heavy atom. The lowest BCUT2D eigenvalue weighted by atomic mass is 9.96. The summed E-state index contributed by atoms with van der Waals surface area (Å²) >= 11 is 1.75. The molecule has 162 valence electrons. The second-order valence-corrected chi connectivity index (χ2v) is 9.39. The van der Waals surface area contributed by atoms with Crippen molar-refractivity contribution in [2.75, 3.05) is 4.90 Å². The third-order valence-electron chi connectivity index (χ3n) is 6.20. The lowest BCUT2D eigenvalue weighted by molar-refractivity contribution is 0.100. The Labute approximate surface area is 203 Å². The van der Waals surface area contributed by atoms with Crippen LogP contribution in [0.15, 0.2) is 126 Å². The molecule has 1 amide bonds. The Morgan fingerprint density at radius 2 is 1.47 bits per heavy atom. The standard InChI is InChI=1S/C31H21NOS/c1-2-21-8-6-9-23(20-21)32-29-19-18-26(27-12-7-13-28(30(27)29)31(32)33)22-14-16-25(17-15-22)34-24-10-4-3-5-11-24/h2-20H,1H2. The van der Waals surface area contributed by atoms with Gasteiger partial charge >= 0.3 is 0 Å². The normalized spacial score (nSPS) is 12.4. The second kappa shape index (κ2) is 8.36. The highest BCUT2D eigenvalue weighted by Crippen LogP contribution is 2.45. The molecule has 0 bridgehead atoms. The number of hydrogen-bond donors (Lipinski definition) is 0. The van der Waals surface area contributed by atoms with E-state index in [4.69, 9.17) is 0 Å². The first-order valence-corrected chi connectivity index (χ1v) is 12.0. The van der Waals surface area contributed by atoms with E-state index < -0.39 is 0 Å². The first-order valence-electron chi connectivity index (χ1n) is 11.2. The summed E-state index contributed by atoms with van der Waals surface area (Å²) in [6.45, 7) is 3.87. The molecule has 1 aliphatic rings. The summed E-state index contributed by atoms with van der Waals surface area (Å²) in [5.74, 6) is 0.00794. The fourth-order valence-corrected chi connectivity index (χ4v) is 5.45. The zero-order valence-electron chi connectivity index (χ0n) is 18.4. The topological polar surface area (TPSA) is 20.3 Å². The molecule has 1 heterocycles. The largest absolute Gasteiger partial charge is 0.276 e. The smallest absolute Gasteiger partial charge is 0.263 e. The fourth-order valence-electron chi connectivity index (χ4n) is 4.61. The Balaban J connectivity index is 1.42. The molecular weight excluding hydrogens is 434 g/mol. The minimum atomic E-state index is 0.00794. The number of anilines is 2. The van der Waals surface area contributed by atoms with E-state index in [0.717, 1.165) is 44.4 Å². The highest BCUT2D eigenvalue weighted by molar-refractivity contribution is 7.99. The number of amides is 1. The van der Waals surface area contributed by atoms with Gasteiger partial charge in [-0.2, -0.15) is 0 Å². The average molecular weight is 456 g/mol. The van der Waals surface area contributed by atoms with Crippen LogP contribution >= 0.6 is 11.8 Å². The van der Waals surface area contributed by atoms with E-state index in [1.165, 1.54) is 9.79 Å². The van der Waals surface area contributed by atoms with Crippen molar-refractivity contribution in [3.63, 3.8) is 0 Å². The van der Waals surface area contributed by atoms with Crippen molar-refractivity contribution in [3.05, 3.63) is 127 Å². The minimum absolute atomic E-state index is 0.00794. The number of nitrogens with zero attached hydrogens (tertiary/aromatic N) is 1. The summed E-state index contributed by atoms with van der Waals surface area (Å²) < 4.78 is 0. The number of carbonyl (C=O) groups excluding carboxylic acids is 1. The van der Waals surface area contributed by atoms with Crippen molar-refractivity contribution in [1.29, 1.82) is 0 Å². The third-order valence-corrected chi connectivity index (χ3v) is 7.22. The number of benzene rings is 5. The van der Waals surface area contributed by atoms with Crippen LogP contribution < -0.4 is 4.90 Å². The first kappa shape index (κ1) is 20.5. The molecule has 0 spiro atoms. The van der Waals surface area contributed by atoms with Gasteiger partial charge < -0.3 is 0 Å². The molecular formula is C31H21NOS. The summed E-state index contributed by atoms with van der Waals surface area (Å²) in [4.78, 5) is 17.7. The molecule has 34 heavy (non-hydrogen) atoms. The molecule has 0 N–H and O–H groups in total. The lowest BCUT2D eigenvalue weighted by Gasteiger charge is -2.19. The first-order chi connectivity index (χ1) is 16.7. The molecule has 0 aromatic heterocycles. The maximum Gasteiger partial charge on any atom is 0.263 e. The van der Waals surface area contributed by atoms with Crippen molar-refractivity contribution in [2.24, 2.45) is 0 Å². The van der Waals surface area contributed by atoms with Gasteiger partial charge in [-0.05, 0) is 70.6 Å².